The Bertz CT molecular complexity index is 412. The van der Waals surface area contributed by atoms with E-state index in [9.17, 15) is 8.78 Å². The number of hydrogen-bond donors (Lipinski definition) is 1. The first-order valence-electron chi connectivity index (χ1n) is 4.97. The summed E-state index contributed by atoms with van der Waals surface area (Å²) < 4.78 is 34.9. The number of aliphatic hydroxyl groups is 1. The van der Waals surface area contributed by atoms with E-state index in [1.54, 1.807) is 18.2 Å². The maximum Gasteiger partial charge on any atom is 0.272 e. The molecule has 0 aliphatic carbocycles. The zero-order chi connectivity index (χ0) is 12.8. The normalized spacial score (nSPS) is 9.94. The van der Waals surface area contributed by atoms with Crippen LogP contribution in [-0.4, -0.2) is 25.9 Å². The van der Waals surface area contributed by atoms with E-state index < -0.39 is 12.7 Å². The van der Waals surface area contributed by atoms with E-state index in [0.29, 0.717) is 17.1 Å². The van der Waals surface area contributed by atoms with Crippen LogP contribution in [0.15, 0.2) is 29.9 Å². The van der Waals surface area contributed by atoms with E-state index in [1.165, 1.54) is 14.2 Å². The highest BCUT2D eigenvalue weighted by Crippen LogP contribution is 2.27. The summed E-state index contributed by atoms with van der Waals surface area (Å²) in [6.45, 7) is -0.669. The molecule has 0 radical (unpaired) electrons. The Hall–Kier alpha value is -1.62. The summed E-state index contributed by atoms with van der Waals surface area (Å²) in [5.41, 5.74) is 0.263. The van der Waals surface area contributed by atoms with Crippen molar-refractivity contribution < 1.29 is 23.4 Å². The first-order chi connectivity index (χ1) is 8.12. The van der Waals surface area contributed by atoms with Crippen molar-refractivity contribution >= 4 is 0 Å². The molecule has 0 bridgehead atoms. The van der Waals surface area contributed by atoms with E-state index >= 15 is 0 Å². The standard InChI is InChI=1S/C12H14F2O3/c1-16-10-4-3-8(11(6-10)17-2)5-9(7-15)12(13)14/h3-4,6,15H,5,7H2,1-2H3. The zero-order valence-corrected chi connectivity index (χ0v) is 9.67. The van der Waals surface area contributed by atoms with Gasteiger partial charge in [-0.25, -0.2) is 0 Å². The highest BCUT2D eigenvalue weighted by Gasteiger charge is 2.11. The molecule has 0 atom stereocenters. The molecule has 0 amide bonds. The van der Waals surface area contributed by atoms with Crippen LogP contribution in [-0.2, 0) is 6.42 Å². The molecular formula is C12H14F2O3. The summed E-state index contributed by atoms with van der Waals surface area (Å²) in [5, 5.41) is 8.82. The largest absolute Gasteiger partial charge is 0.497 e. The van der Waals surface area contributed by atoms with Gasteiger partial charge in [-0.05, 0) is 11.6 Å². The fourth-order valence-electron chi connectivity index (χ4n) is 1.41. The number of methoxy groups -OCH3 is 2. The second-order valence-corrected chi connectivity index (χ2v) is 3.38. The molecule has 0 unspecified atom stereocenters. The van der Waals surface area contributed by atoms with Crippen LogP contribution in [0, 0.1) is 0 Å². The monoisotopic (exact) mass is 244 g/mol. The molecule has 94 valence electrons. The summed E-state index contributed by atoms with van der Waals surface area (Å²) in [6.07, 6.45) is -1.91. The molecule has 1 aromatic rings. The quantitative estimate of drug-likeness (QED) is 0.864. The maximum atomic E-state index is 12.4. The van der Waals surface area contributed by atoms with Gasteiger partial charge in [-0.1, -0.05) is 6.07 Å². The molecule has 0 spiro atoms. The molecule has 0 saturated carbocycles. The van der Waals surface area contributed by atoms with Gasteiger partial charge in [0.2, 0.25) is 0 Å². The Morgan fingerprint density at radius 2 is 1.94 bits per heavy atom. The van der Waals surface area contributed by atoms with Crippen molar-refractivity contribution in [3.8, 4) is 11.5 Å². The third kappa shape index (κ3) is 3.42. The second-order valence-electron chi connectivity index (χ2n) is 3.38. The van der Waals surface area contributed by atoms with E-state index in [1.807, 2.05) is 0 Å². The van der Waals surface area contributed by atoms with Crippen molar-refractivity contribution in [1.29, 1.82) is 0 Å². The van der Waals surface area contributed by atoms with Gasteiger partial charge >= 0.3 is 0 Å². The molecule has 0 aromatic heterocycles. The Kier molecular flexibility index (Phi) is 4.90. The molecule has 1 N–H and O–H groups in total. The molecule has 3 nitrogen and oxygen atoms in total. The number of benzene rings is 1. The molecule has 0 aliphatic heterocycles. The van der Waals surface area contributed by atoms with Gasteiger partial charge in [0, 0.05) is 18.1 Å². The number of halogens is 2. The van der Waals surface area contributed by atoms with Crippen LogP contribution < -0.4 is 9.47 Å². The Labute approximate surface area is 98.3 Å². The lowest BCUT2D eigenvalue weighted by molar-refractivity contribution is 0.307. The minimum absolute atomic E-state index is 0.0496. The second kappa shape index (κ2) is 6.20. The highest BCUT2D eigenvalue weighted by atomic mass is 19.3. The summed E-state index contributed by atoms with van der Waals surface area (Å²) in [5.74, 6) is 1.04. The van der Waals surface area contributed by atoms with Crippen LogP contribution in [0.3, 0.4) is 0 Å². The van der Waals surface area contributed by atoms with Gasteiger partial charge < -0.3 is 14.6 Å². The Morgan fingerprint density at radius 1 is 1.24 bits per heavy atom. The minimum atomic E-state index is -1.86. The zero-order valence-electron chi connectivity index (χ0n) is 9.67. The lowest BCUT2D eigenvalue weighted by atomic mass is 10.1. The number of rotatable bonds is 5. The number of aliphatic hydroxyl groups excluding tert-OH is 1. The molecule has 1 aromatic carbocycles. The SMILES string of the molecule is COc1ccc(CC(CO)=C(F)F)c(OC)c1. The van der Waals surface area contributed by atoms with E-state index in [0.717, 1.165) is 0 Å². The van der Waals surface area contributed by atoms with Crippen LogP contribution >= 0.6 is 0 Å². The summed E-state index contributed by atoms with van der Waals surface area (Å²) >= 11 is 0. The van der Waals surface area contributed by atoms with Gasteiger partial charge in [0.25, 0.3) is 6.08 Å². The van der Waals surface area contributed by atoms with Gasteiger partial charge in [-0.3, -0.25) is 0 Å². The lowest BCUT2D eigenvalue weighted by Gasteiger charge is -2.10. The third-order valence-electron chi connectivity index (χ3n) is 2.36. The average Bonchev–Trinajstić information content (AvgIpc) is 2.35. The summed E-state index contributed by atoms with van der Waals surface area (Å²) in [4.78, 5) is 0. The van der Waals surface area contributed by atoms with Gasteiger partial charge in [0.15, 0.2) is 0 Å². The Balaban J connectivity index is 3.02. The van der Waals surface area contributed by atoms with Crippen molar-refractivity contribution in [3.63, 3.8) is 0 Å². The lowest BCUT2D eigenvalue weighted by Crippen LogP contribution is -2.00. The number of hydrogen-bond acceptors (Lipinski definition) is 3. The molecule has 5 heteroatoms. The number of ether oxygens (including phenoxy) is 2. The highest BCUT2D eigenvalue weighted by molar-refractivity contribution is 5.42. The predicted molar refractivity (Wildman–Crippen MR) is 59.6 cm³/mol. The van der Waals surface area contributed by atoms with Crippen LogP contribution in [0.2, 0.25) is 0 Å². The molecular weight excluding hydrogens is 230 g/mol. The van der Waals surface area contributed by atoms with E-state index in [-0.39, 0.29) is 12.0 Å². The van der Waals surface area contributed by atoms with Crippen molar-refractivity contribution in [1.82, 2.24) is 0 Å². The molecule has 17 heavy (non-hydrogen) atoms. The maximum absolute atomic E-state index is 12.4. The van der Waals surface area contributed by atoms with Gasteiger partial charge in [0.1, 0.15) is 11.5 Å². The van der Waals surface area contributed by atoms with Crippen molar-refractivity contribution in [2.75, 3.05) is 20.8 Å². The van der Waals surface area contributed by atoms with Crippen LogP contribution in [0.4, 0.5) is 8.78 Å². The van der Waals surface area contributed by atoms with E-state index in [2.05, 4.69) is 0 Å². The Morgan fingerprint density at radius 3 is 2.41 bits per heavy atom. The molecule has 0 fully saturated rings. The van der Waals surface area contributed by atoms with Crippen molar-refractivity contribution in [3.05, 3.63) is 35.4 Å². The first-order valence-corrected chi connectivity index (χ1v) is 4.97. The smallest absolute Gasteiger partial charge is 0.272 e. The van der Waals surface area contributed by atoms with Gasteiger partial charge in [0.05, 0.1) is 20.8 Å². The molecule has 0 aliphatic rings. The van der Waals surface area contributed by atoms with Crippen LogP contribution in [0.5, 0.6) is 11.5 Å². The molecule has 1 rings (SSSR count). The third-order valence-corrected chi connectivity index (χ3v) is 2.36. The van der Waals surface area contributed by atoms with Crippen molar-refractivity contribution in [2.24, 2.45) is 0 Å². The first kappa shape index (κ1) is 13.4. The fourth-order valence-corrected chi connectivity index (χ4v) is 1.41. The summed E-state index contributed by atoms with van der Waals surface area (Å²) in [6, 6.07) is 4.90. The molecule has 0 heterocycles. The van der Waals surface area contributed by atoms with Crippen LogP contribution in [0.1, 0.15) is 5.56 Å². The van der Waals surface area contributed by atoms with E-state index in [4.69, 9.17) is 14.6 Å². The predicted octanol–water partition coefficient (Wildman–Crippen LogP) is 2.39. The average molecular weight is 244 g/mol. The topological polar surface area (TPSA) is 38.7 Å². The minimum Gasteiger partial charge on any atom is -0.497 e. The molecule has 0 saturated heterocycles. The van der Waals surface area contributed by atoms with Gasteiger partial charge in [-0.2, -0.15) is 8.78 Å². The van der Waals surface area contributed by atoms with Crippen molar-refractivity contribution in [2.45, 2.75) is 6.42 Å². The summed E-state index contributed by atoms with van der Waals surface area (Å²) in [7, 11) is 2.96. The van der Waals surface area contributed by atoms with Crippen LogP contribution in [0.25, 0.3) is 0 Å². The van der Waals surface area contributed by atoms with Gasteiger partial charge in [-0.15, -0.1) is 0 Å². The fraction of sp³-hybridized carbons (Fsp3) is 0.333.